The number of anilines is 2. The zero-order chi connectivity index (χ0) is 22.1. The number of amides is 2. The van der Waals surface area contributed by atoms with Crippen molar-refractivity contribution in [2.75, 3.05) is 16.8 Å². The molecule has 7 heteroatoms. The summed E-state index contributed by atoms with van der Waals surface area (Å²) < 4.78 is 3.24. The number of carbonyl (C=O) groups is 2. The predicted molar refractivity (Wildman–Crippen MR) is 121 cm³/mol. The SMILES string of the molecule is CCc1ccc(N2C[C@@H](C(=O)Nc3c(C)n(-c4ccccc4)n(C)c3=O)CC2=O)cc1. The van der Waals surface area contributed by atoms with Crippen molar-refractivity contribution in [2.45, 2.75) is 26.7 Å². The number of hydrogen-bond donors (Lipinski definition) is 1. The standard InChI is InChI=1S/C24H26N4O3/c1-4-17-10-12-19(13-11-17)27-15-18(14-21(27)29)23(30)25-22-16(2)28(26(3)24(22)31)20-8-6-5-7-9-20/h5-13,18H,4,14-15H2,1-3H3,(H,25,30)/t18-/m0/s1. The van der Waals surface area contributed by atoms with Crippen LogP contribution in [-0.4, -0.2) is 27.7 Å². The van der Waals surface area contributed by atoms with Crippen LogP contribution in [0.3, 0.4) is 0 Å². The van der Waals surface area contributed by atoms with Gasteiger partial charge in [-0.2, -0.15) is 0 Å². The lowest BCUT2D eigenvalue weighted by atomic mass is 10.1. The van der Waals surface area contributed by atoms with Crippen molar-refractivity contribution in [3.63, 3.8) is 0 Å². The third-order valence-corrected chi connectivity index (χ3v) is 5.89. The molecule has 0 bridgehead atoms. The van der Waals surface area contributed by atoms with E-state index in [0.29, 0.717) is 12.2 Å². The highest BCUT2D eigenvalue weighted by Gasteiger charge is 2.36. The van der Waals surface area contributed by atoms with E-state index in [1.807, 2.05) is 54.6 Å². The third kappa shape index (κ3) is 3.79. The summed E-state index contributed by atoms with van der Waals surface area (Å²) in [7, 11) is 1.67. The Kier molecular flexibility index (Phi) is 5.50. The van der Waals surface area contributed by atoms with Crippen molar-refractivity contribution in [3.8, 4) is 5.69 Å². The van der Waals surface area contributed by atoms with Crippen LogP contribution < -0.4 is 15.8 Å². The molecule has 31 heavy (non-hydrogen) atoms. The Morgan fingerprint density at radius 3 is 2.35 bits per heavy atom. The van der Waals surface area contributed by atoms with Crippen LogP contribution in [0.5, 0.6) is 0 Å². The molecular formula is C24H26N4O3. The highest BCUT2D eigenvalue weighted by molar-refractivity contribution is 6.03. The van der Waals surface area contributed by atoms with E-state index in [1.165, 1.54) is 10.2 Å². The smallest absolute Gasteiger partial charge is 0.290 e. The topological polar surface area (TPSA) is 76.3 Å². The summed E-state index contributed by atoms with van der Waals surface area (Å²) in [5.74, 6) is -0.912. The fourth-order valence-corrected chi connectivity index (χ4v) is 4.09. The predicted octanol–water partition coefficient (Wildman–Crippen LogP) is 3.04. The van der Waals surface area contributed by atoms with Crippen molar-refractivity contribution >= 4 is 23.2 Å². The molecule has 0 unspecified atom stereocenters. The van der Waals surface area contributed by atoms with Gasteiger partial charge in [0.25, 0.3) is 5.56 Å². The lowest BCUT2D eigenvalue weighted by Crippen LogP contribution is -2.29. The van der Waals surface area contributed by atoms with Crippen LogP contribution >= 0.6 is 0 Å². The first-order chi connectivity index (χ1) is 14.9. The zero-order valence-electron chi connectivity index (χ0n) is 18.0. The Morgan fingerprint density at radius 1 is 1.03 bits per heavy atom. The van der Waals surface area contributed by atoms with E-state index in [1.54, 1.807) is 23.6 Å². The van der Waals surface area contributed by atoms with Crippen molar-refractivity contribution in [3.05, 3.63) is 76.2 Å². The van der Waals surface area contributed by atoms with Crippen molar-refractivity contribution < 1.29 is 9.59 Å². The van der Waals surface area contributed by atoms with Gasteiger partial charge in [-0.25, -0.2) is 4.68 Å². The summed E-state index contributed by atoms with van der Waals surface area (Å²) in [6, 6.07) is 17.3. The van der Waals surface area contributed by atoms with Crippen LogP contribution in [-0.2, 0) is 23.1 Å². The first kappa shape index (κ1) is 20.7. The lowest BCUT2D eigenvalue weighted by Gasteiger charge is -2.17. The van der Waals surface area contributed by atoms with Gasteiger partial charge in [0.05, 0.1) is 17.3 Å². The molecule has 0 aliphatic carbocycles. The lowest BCUT2D eigenvalue weighted by molar-refractivity contribution is -0.122. The number of para-hydroxylation sites is 1. The molecule has 0 radical (unpaired) electrons. The van der Waals surface area contributed by atoms with Gasteiger partial charge in [-0.3, -0.25) is 19.1 Å². The molecule has 7 nitrogen and oxygen atoms in total. The monoisotopic (exact) mass is 418 g/mol. The molecule has 160 valence electrons. The van der Waals surface area contributed by atoms with Gasteiger partial charge in [-0.1, -0.05) is 37.3 Å². The number of rotatable bonds is 5. The van der Waals surface area contributed by atoms with Gasteiger partial charge in [0, 0.05) is 25.7 Å². The normalized spacial score (nSPS) is 16.0. The van der Waals surface area contributed by atoms with Crippen LogP contribution in [0, 0.1) is 12.8 Å². The highest BCUT2D eigenvalue weighted by Crippen LogP contribution is 2.27. The van der Waals surface area contributed by atoms with Gasteiger partial charge in [-0.15, -0.1) is 0 Å². The molecule has 0 spiro atoms. The summed E-state index contributed by atoms with van der Waals surface area (Å²) in [6.07, 6.45) is 1.05. The molecule has 2 aromatic carbocycles. The van der Waals surface area contributed by atoms with E-state index < -0.39 is 5.92 Å². The Bertz CT molecular complexity index is 1180. The van der Waals surface area contributed by atoms with Gasteiger partial charge in [0.1, 0.15) is 5.69 Å². The number of nitrogens with one attached hydrogen (secondary N) is 1. The zero-order valence-corrected chi connectivity index (χ0v) is 18.0. The van der Waals surface area contributed by atoms with Gasteiger partial charge < -0.3 is 10.2 Å². The molecule has 3 aromatic rings. The molecule has 1 N–H and O–H groups in total. The molecule has 1 saturated heterocycles. The molecule has 4 rings (SSSR count). The van der Waals surface area contributed by atoms with E-state index >= 15 is 0 Å². The van der Waals surface area contributed by atoms with E-state index in [9.17, 15) is 14.4 Å². The van der Waals surface area contributed by atoms with Crippen molar-refractivity contribution in [2.24, 2.45) is 13.0 Å². The van der Waals surface area contributed by atoms with Gasteiger partial charge >= 0.3 is 0 Å². The van der Waals surface area contributed by atoms with E-state index in [2.05, 4.69) is 12.2 Å². The fourth-order valence-electron chi connectivity index (χ4n) is 4.09. The highest BCUT2D eigenvalue weighted by atomic mass is 16.2. The molecule has 1 aromatic heterocycles. The minimum atomic E-state index is -0.512. The first-order valence-electron chi connectivity index (χ1n) is 10.4. The molecule has 2 amide bonds. The Hall–Kier alpha value is -3.61. The molecule has 2 heterocycles. The second-order valence-corrected chi connectivity index (χ2v) is 7.85. The minimum Gasteiger partial charge on any atom is -0.320 e. The number of nitrogens with zero attached hydrogens (tertiary/aromatic N) is 3. The number of benzene rings is 2. The molecule has 1 aliphatic heterocycles. The second kappa shape index (κ2) is 8.26. The van der Waals surface area contributed by atoms with Gasteiger partial charge in [0.2, 0.25) is 11.8 Å². The molecule has 0 saturated carbocycles. The summed E-state index contributed by atoms with van der Waals surface area (Å²) in [6.45, 7) is 4.17. The van der Waals surface area contributed by atoms with Crippen LogP contribution in [0.2, 0.25) is 0 Å². The summed E-state index contributed by atoms with van der Waals surface area (Å²) in [5, 5.41) is 2.79. The maximum absolute atomic E-state index is 13.0. The molecule has 1 atom stereocenters. The minimum absolute atomic E-state index is 0.0871. The van der Waals surface area contributed by atoms with E-state index in [4.69, 9.17) is 0 Å². The summed E-state index contributed by atoms with van der Waals surface area (Å²) in [5.41, 5.74) is 3.42. The number of aryl methyl sites for hydroxylation is 1. The Morgan fingerprint density at radius 2 is 1.71 bits per heavy atom. The van der Waals surface area contributed by atoms with Crippen LogP contribution in [0.25, 0.3) is 5.69 Å². The number of hydrogen-bond acceptors (Lipinski definition) is 3. The maximum atomic E-state index is 13.0. The van der Waals surface area contributed by atoms with Crippen LogP contribution in [0.4, 0.5) is 11.4 Å². The first-order valence-corrected chi connectivity index (χ1v) is 10.4. The molecule has 1 fully saturated rings. The molecular weight excluding hydrogens is 392 g/mol. The average Bonchev–Trinajstić information content (AvgIpc) is 3.27. The summed E-state index contributed by atoms with van der Waals surface area (Å²) >= 11 is 0. The average molecular weight is 418 g/mol. The number of carbonyl (C=O) groups excluding carboxylic acids is 2. The Labute approximate surface area is 180 Å². The third-order valence-electron chi connectivity index (χ3n) is 5.89. The van der Waals surface area contributed by atoms with E-state index in [-0.39, 0.29) is 29.5 Å². The largest absolute Gasteiger partial charge is 0.320 e. The van der Waals surface area contributed by atoms with Crippen molar-refractivity contribution in [1.29, 1.82) is 0 Å². The molecule has 1 aliphatic rings. The van der Waals surface area contributed by atoms with Crippen LogP contribution in [0.15, 0.2) is 59.4 Å². The Balaban J connectivity index is 1.54. The van der Waals surface area contributed by atoms with Crippen LogP contribution in [0.1, 0.15) is 24.6 Å². The second-order valence-electron chi connectivity index (χ2n) is 7.85. The van der Waals surface area contributed by atoms with Gasteiger partial charge in [0.15, 0.2) is 0 Å². The quantitative estimate of drug-likeness (QED) is 0.692. The number of aromatic nitrogens is 2. The van der Waals surface area contributed by atoms with Gasteiger partial charge in [-0.05, 0) is 43.2 Å². The fraction of sp³-hybridized carbons (Fsp3) is 0.292. The maximum Gasteiger partial charge on any atom is 0.290 e. The summed E-state index contributed by atoms with van der Waals surface area (Å²) in [4.78, 5) is 39.9. The van der Waals surface area contributed by atoms with Crippen molar-refractivity contribution in [1.82, 2.24) is 9.36 Å². The van der Waals surface area contributed by atoms with E-state index in [0.717, 1.165) is 17.8 Å².